The first-order valence-corrected chi connectivity index (χ1v) is 8.12. The van der Waals surface area contributed by atoms with Crippen LogP contribution >= 0.6 is 22.9 Å². The number of hydrogen-bond acceptors (Lipinski definition) is 4. The SMILES string of the molecule is Cc1[nH]ncc1-c1cc2nc(-c3ccccc3Cl)[nH]c(=O)c2s1. The number of hydrogen-bond donors (Lipinski definition) is 2. The molecular weight excluding hydrogens is 332 g/mol. The molecule has 0 unspecified atom stereocenters. The predicted octanol–water partition coefficient (Wildman–Crippen LogP) is 4.00. The molecular formula is C16H11ClN4OS. The molecule has 0 saturated heterocycles. The summed E-state index contributed by atoms with van der Waals surface area (Å²) in [4.78, 5) is 20.7. The molecule has 114 valence electrons. The second-order valence-corrected chi connectivity index (χ2v) is 6.59. The molecule has 0 fully saturated rings. The quantitative estimate of drug-likeness (QED) is 0.578. The number of aryl methyl sites for hydroxylation is 1. The lowest BCUT2D eigenvalue weighted by atomic mass is 10.2. The van der Waals surface area contributed by atoms with Gasteiger partial charge in [-0.15, -0.1) is 11.3 Å². The van der Waals surface area contributed by atoms with Gasteiger partial charge in [0.25, 0.3) is 5.56 Å². The van der Waals surface area contributed by atoms with Gasteiger partial charge in [0.05, 0.1) is 16.7 Å². The standard InChI is InChI=1S/C16H11ClN4OS/c1-8-10(7-18-21-8)13-6-12-14(23-13)16(22)20-15(19-12)9-4-2-3-5-11(9)17/h2-7H,1H3,(H,18,21)(H,19,20,22). The molecule has 4 aromatic rings. The summed E-state index contributed by atoms with van der Waals surface area (Å²) in [6.07, 6.45) is 1.75. The molecule has 7 heteroatoms. The van der Waals surface area contributed by atoms with Crippen molar-refractivity contribution in [1.29, 1.82) is 0 Å². The van der Waals surface area contributed by atoms with Crippen molar-refractivity contribution in [3.63, 3.8) is 0 Å². The molecule has 0 aliphatic heterocycles. The average molecular weight is 343 g/mol. The number of halogens is 1. The Morgan fingerprint density at radius 3 is 2.78 bits per heavy atom. The van der Waals surface area contributed by atoms with Crippen LogP contribution in [0.2, 0.25) is 5.02 Å². The molecule has 23 heavy (non-hydrogen) atoms. The van der Waals surface area contributed by atoms with Crippen LogP contribution in [0.3, 0.4) is 0 Å². The van der Waals surface area contributed by atoms with Crippen LogP contribution < -0.4 is 5.56 Å². The van der Waals surface area contributed by atoms with Crippen LogP contribution in [0.15, 0.2) is 41.3 Å². The maximum absolute atomic E-state index is 12.4. The fourth-order valence-electron chi connectivity index (χ4n) is 2.45. The van der Waals surface area contributed by atoms with Crippen molar-refractivity contribution in [2.75, 3.05) is 0 Å². The summed E-state index contributed by atoms with van der Waals surface area (Å²) in [6, 6.07) is 9.22. The molecule has 0 radical (unpaired) electrons. The van der Waals surface area contributed by atoms with Crippen LogP contribution in [-0.4, -0.2) is 20.2 Å². The maximum Gasteiger partial charge on any atom is 0.269 e. The third-order valence-electron chi connectivity index (χ3n) is 3.61. The van der Waals surface area contributed by atoms with E-state index in [1.54, 1.807) is 12.3 Å². The first-order chi connectivity index (χ1) is 11.1. The van der Waals surface area contributed by atoms with Crippen LogP contribution in [0.5, 0.6) is 0 Å². The molecule has 0 bridgehead atoms. The van der Waals surface area contributed by atoms with E-state index in [4.69, 9.17) is 11.6 Å². The zero-order valence-electron chi connectivity index (χ0n) is 12.1. The number of nitrogens with one attached hydrogen (secondary N) is 2. The molecule has 0 aliphatic carbocycles. The zero-order valence-corrected chi connectivity index (χ0v) is 13.6. The Hall–Kier alpha value is -2.44. The molecule has 0 saturated carbocycles. The summed E-state index contributed by atoms with van der Waals surface area (Å²) in [5.74, 6) is 0.473. The highest BCUT2D eigenvalue weighted by atomic mass is 35.5. The zero-order chi connectivity index (χ0) is 16.0. The van der Waals surface area contributed by atoms with E-state index in [0.717, 1.165) is 16.1 Å². The number of nitrogens with zero attached hydrogens (tertiary/aromatic N) is 2. The van der Waals surface area contributed by atoms with Gasteiger partial charge in [0.2, 0.25) is 0 Å². The highest BCUT2D eigenvalue weighted by molar-refractivity contribution is 7.22. The summed E-state index contributed by atoms with van der Waals surface area (Å²) in [5.41, 5.74) is 3.14. The summed E-state index contributed by atoms with van der Waals surface area (Å²) >= 11 is 7.60. The number of thiophene rings is 1. The molecule has 0 spiro atoms. The summed E-state index contributed by atoms with van der Waals surface area (Å²) < 4.78 is 0.594. The van der Waals surface area contributed by atoms with Crippen LogP contribution in [0.1, 0.15) is 5.69 Å². The fourth-order valence-corrected chi connectivity index (χ4v) is 3.74. The maximum atomic E-state index is 12.4. The van der Waals surface area contributed by atoms with Gasteiger partial charge in [-0.3, -0.25) is 9.89 Å². The average Bonchev–Trinajstić information content (AvgIpc) is 3.13. The highest BCUT2D eigenvalue weighted by Crippen LogP contribution is 2.33. The van der Waals surface area contributed by atoms with Crippen molar-refractivity contribution in [3.05, 3.63) is 57.6 Å². The van der Waals surface area contributed by atoms with Gasteiger partial charge in [-0.1, -0.05) is 23.7 Å². The van der Waals surface area contributed by atoms with Crippen LogP contribution in [0.25, 0.3) is 32.0 Å². The fraction of sp³-hybridized carbons (Fsp3) is 0.0625. The smallest absolute Gasteiger partial charge is 0.269 e. The number of H-pyrrole nitrogens is 2. The van der Waals surface area contributed by atoms with Gasteiger partial charge in [0.1, 0.15) is 10.5 Å². The molecule has 1 aromatic carbocycles. The minimum absolute atomic E-state index is 0.165. The van der Waals surface area contributed by atoms with Crippen molar-refractivity contribution in [1.82, 2.24) is 20.2 Å². The normalized spacial score (nSPS) is 11.2. The van der Waals surface area contributed by atoms with E-state index in [-0.39, 0.29) is 5.56 Å². The second-order valence-electron chi connectivity index (χ2n) is 5.13. The summed E-state index contributed by atoms with van der Waals surface area (Å²) in [7, 11) is 0. The third kappa shape index (κ3) is 2.36. The Bertz CT molecular complexity index is 1080. The van der Waals surface area contributed by atoms with Crippen molar-refractivity contribution < 1.29 is 0 Å². The molecule has 5 nitrogen and oxygen atoms in total. The Labute approximate surface area is 140 Å². The third-order valence-corrected chi connectivity index (χ3v) is 5.09. The highest BCUT2D eigenvalue weighted by Gasteiger charge is 2.14. The summed E-state index contributed by atoms with van der Waals surface area (Å²) in [5, 5.41) is 7.48. The molecule has 0 atom stereocenters. The van der Waals surface area contributed by atoms with E-state index in [9.17, 15) is 4.79 Å². The van der Waals surface area contributed by atoms with Gasteiger partial charge in [0.15, 0.2) is 0 Å². The number of aromatic nitrogens is 4. The lowest BCUT2D eigenvalue weighted by molar-refractivity contribution is 1.05. The first kappa shape index (κ1) is 14.2. The van der Waals surface area contributed by atoms with Gasteiger partial charge in [-0.2, -0.15) is 5.10 Å². The molecule has 4 rings (SSSR count). The predicted molar refractivity (Wildman–Crippen MR) is 93.0 cm³/mol. The summed E-state index contributed by atoms with van der Waals surface area (Å²) in [6.45, 7) is 1.94. The van der Waals surface area contributed by atoms with Gasteiger partial charge < -0.3 is 4.98 Å². The van der Waals surface area contributed by atoms with Crippen molar-refractivity contribution in [3.8, 4) is 21.8 Å². The van der Waals surface area contributed by atoms with Crippen LogP contribution in [-0.2, 0) is 0 Å². The van der Waals surface area contributed by atoms with Gasteiger partial charge >= 0.3 is 0 Å². The molecule has 2 N–H and O–H groups in total. The number of benzene rings is 1. The lowest BCUT2D eigenvalue weighted by Gasteiger charge is -2.02. The largest absolute Gasteiger partial charge is 0.305 e. The number of fused-ring (bicyclic) bond motifs is 1. The van der Waals surface area contributed by atoms with Crippen molar-refractivity contribution in [2.45, 2.75) is 6.92 Å². The molecule has 0 aliphatic rings. The van der Waals surface area contributed by atoms with Crippen molar-refractivity contribution in [2.24, 2.45) is 0 Å². The van der Waals surface area contributed by atoms with E-state index >= 15 is 0 Å². The van der Waals surface area contributed by atoms with Crippen LogP contribution in [0.4, 0.5) is 0 Å². The Morgan fingerprint density at radius 2 is 2.04 bits per heavy atom. The number of rotatable bonds is 2. The van der Waals surface area contributed by atoms with E-state index in [0.29, 0.717) is 26.6 Å². The van der Waals surface area contributed by atoms with Gasteiger partial charge in [-0.05, 0) is 25.1 Å². The minimum Gasteiger partial charge on any atom is -0.305 e. The van der Waals surface area contributed by atoms with Crippen LogP contribution in [0, 0.1) is 6.92 Å². The molecule has 3 heterocycles. The van der Waals surface area contributed by atoms with Gasteiger partial charge in [-0.25, -0.2) is 4.98 Å². The van der Waals surface area contributed by atoms with Gasteiger partial charge in [0, 0.05) is 21.7 Å². The molecule has 3 aromatic heterocycles. The van der Waals surface area contributed by atoms with E-state index in [2.05, 4.69) is 20.2 Å². The lowest BCUT2D eigenvalue weighted by Crippen LogP contribution is -2.07. The number of aromatic amines is 2. The molecule has 0 amide bonds. The Kier molecular flexibility index (Phi) is 3.28. The van der Waals surface area contributed by atoms with E-state index in [1.165, 1.54) is 11.3 Å². The van der Waals surface area contributed by atoms with E-state index in [1.807, 2.05) is 31.2 Å². The topological polar surface area (TPSA) is 74.4 Å². The first-order valence-electron chi connectivity index (χ1n) is 6.92. The Balaban J connectivity index is 1.93. The minimum atomic E-state index is -0.165. The van der Waals surface area contributed by atoms with Crippen molar-refractivity contribution >= 4 is 33.2 Å². The van der Waals surface area contributed by atoms with E-state index < -0.39 is 0 Å². The Morgan fingerprint density at radius 1 is 1.22 bits per heavy atom. The monoisotopic (exact) mass is 342 g/mol. The second kappa shape index (κ2) is 5.33.